The van der Waals surface area contributed by atoms with Crippen LogP contribution >= 0.6 is 0 Å². The van der Waals surface area contributed by atoms with Crippen molar-refractivity contribution in [1.29, 1.82) is 0 Å². The Labute approximate surface area is 111 Å². The van der Waals surface area contributed by atoms with E-state index in [0.717, 1.165) is 0 Å². The normalized spacial score (nSPS) is 13.4. The molecule has 7 nitrogen and oxygen atoms in total. The molecule has 1 unspecified atom stereocenters. The number of amides is 1. The first kappa shape index (κ1) is 14.9. The standard InChI is InChI=1S/C12H18N4O3/c1-3-12(2,11(18)19)14-8-10(17)16-15-9-6-4-5-7-13-9/h4-7,14H,3,8H2,1-2H3,(H,13,15)(H,16,17)(H,18,19). The summed E-state index contributed by atoms with van der Waals surface area (Å²) in [5.74, 6) is -0.848. The molecule has 1 rings (SSSR count). The molecule has 0 spiro atoms. The molecular formula is C12H18N4O3. The zero-order valence-electron chi connectivity index (χ0n) is 10.9. The van der Waals surface area contributed by atoms with Gasteiger partial charge < -0.3 is 5.11 Å². The number of nitrogens with zero attached hydrogens (tertiary/aromatic N) is 1. The number of carboxylic acid groups (broad SMARTS) is 1. The van der Waals surface area contributed by atoms with Gasteiger partial charge in [0, 0.05) is 6.20 Å². The molecule has 1 amide bonds. The van der Waals surface area contributed by atoms with Crippen LogP contribution in [0, 0.1) is 0 Å². The fourth-order valence-electron chi connectivity index (χ4n) is 1.24. The molecule has 1 heterocycles. The Balaban J connectivity index is 2.38. The van der Waals surface area contributed by atoms with Gasteiger partial charge in [-0.15, -0.1) is 0 Å². The van der Waals surface area contributed by atoms with Crippen molar-refractivity contribution in [2.45, 2.75) is 25.8 Å². The highest BCUT2D eigenvalue weighted by Crippen LogP contribution is 2.08. The van der Waals surface area contributed by atoms with Crippen molar-refractivity contribution in [2.24, 2.45) is 0 Å². The van der Waals surface area contributed by atoms with Gasteiger partial charge in [0.05, 0.1) is 6.54 Å². The van der Waals surface area contributed by atoms with Crippen molar-refractivity contribution < 1.29 is 14.7 Å². The van der Waals surface area contributed by atoms with Crippen molar-refractivity contribution in [3.8, 4) is 0 Å². The molecule has 0 bridgehead atoms. The zero-order chi connectivity index (χ0) is 14.3. The summed E-state index contributed by atoms with van der Waals surface area (Å²) in [6.45, 7) is 3.18. The van der Waals surface area contributed by atoms with E-state index in [-0.39, 0.29) is 12.5 Å². The van der Waals surface area contributed by atoms with Crippen molar-refractivity contribution in [3.05, 3.63) is 24.4 Å². The highest BCUT2D eigenvalue weighted by atomic mass is 16.4. The largest absolute Gasteiger partial charge is 0.480 e. The number of carbonyl (C=O) groups excluding carboxylic acids is 1. The molecule has 1 aromatic rings. The maximum Gasteiger partial charge on any atom is 0.323 e. The van der Waals surface area contributed by atoms with Crippen molar-refractivity contribution >= 4 is 17.7 Å². The maximum absolute atomic E-state index is 11.5. The quantitative estimate of drug-likeness (QED) is 0.532. The number of aromatic nitrogens is 1. The lowest BCUT2D eigenvalue weighted by molar-refractivity contribution is -0.144. The van der Waals surface area contributed by atoms with Gasteiger partial charge in [-0.25, -0.2) is 4.98 Å². The van der Waals surface area contributed by atoms with Crippen LogP contribution in [0.25, 0.3) is 0 Å². The lowest BCUT2D eigenvalue weighted by Crippen LogP contribution is -2.52. The van der Waals surface area contributed by atoms with Crippen LogP contribution in [0.15, 0.2) is 24.4 Å². The van der Waals surface area contributed by atoms with E-state index in [4.69, 9.17) is 5.11 Å². The van der Waals surface area contributed by atoms with Gasteiger partial charge in [0.15, 0.2) is 0 Å². The third-order valence-corrected chi connectivity index (χ3v) is 2.81. The van der Waals surface area contributed by atoms with Gasteiger partial charge in [0.25, 0.3) is 5.91 Å². The van der Waals surface area contributed by atoms with Crippen LogP contribution in [0.5, 0.6) is 0 Å². The van der Waals surface area contributed by atoms with Gasteiger partial charge in [-0.05, 0) is 25.5 Å². The van der Waals surface area contributed by atoms with E-state index in [0.29, 0.717) is 12.2 Å². The zero-order valence-corrected chi connectivity index (χ0v) is 10.9. The topological polar surface area (TPSA) is 103 Å². The van der Waals surface area contributed by atoms with Crippen LogP contribution in [0.4, 0.5) is 5.82 Å². The number of nitrogens with one attached hydrogen (secondary N) is 3. The van der Waals surface area contributed by atoms with E-state index in [2.05, 4.69) is 21.2 Å². The Morgan fingerprint density at radius 2 is 2.16 bits per heavy atom. The van der Waals surface area contributed by atoms with Gasteiger partial charge in [0.1, 0.15) is 11.4 Å². The number of hydrogen-bond donors (Lipinski definition) is 4. The Hall–Kier alpha value is -2.15. The van der Waals surface area contributed by atoms with Gasteiger partial charge in [-0.2, -0.15) is 0 Å². The van der Waals surface area contributed by atoms with Gasteiger partial charge >= 0.3 is 5.97 Å². The molecule has 0 radical (unpaired) electrons. The molecule has 104 valence electrons. The molecule has 0 fully saturated rings. The maximum atomic E-state index is 11.5. The lowest BCUT2D eigenvalue weighted by Gasteiger charge is -2.24. The Morgan fingerprint density at radius 3 is 2.68 bits per heavy atom. The van der Waals surface area contributed by atoms with E-state index in [1.165, 1.54) is 6.92 Å². The average Bonchev–Trinajstić information content (AvgIpc) is 2.43. The minimum absolute atomic E-state index is 0.101. The molecule has 7 heteroatoms. The second-order valence-electron chi connectivity index (χ2n) is 4.23. The molecule has 0 aliphatic heterocycles. The number of aliphatic carboxylic acids is 1. The lowest BCUT2D eigenvalue weighted by atomic mass is 9.99. The monoisotopic (exact) mass is 266 g/mol. The van der Waals surface area contributed by atoms with E-state index >= 15 is 0 Å². The van der Waals surface area contributed by atoms with Crippen LogP contribution in [-0.4, -0.2) is 34.1 Å². The molecule has 0 saturated heterocycles. The second-order valence-corrected chi connectivity index (χ2v) is 4.23. The molecule has 0 saturated carbocycles. The number of carbonyl (C=O) groups is 2. The second kappa shape index (κ2) is 6.69. The molecular weight excluding hydrogens is 248 g/mol. The van der Waals surface area contributed by atoms with Gasteiger partial charge in [-0.1, -0.05) is 13.0 Å². The summed E-state index contributed by atoms with van der Waals surface area (Å²) in [5.41, 5.74) is 3.95. The molecule has 0 aliphatic carbocycles. The first-order valence-corrected chi connectivity index (χ1v) is 5.92. The average molecular weight is 266 g/mol. The first-order valence-electron chi connectivity index (χ1n) is 5.92. The number of carboxylic acids is 1. The fraction of sp³-hybridized carbons (Fsp3) is 0.417. The van der Waals surface area contributed by atoms with E-state index in [9.17, 15) is 9.59 Å². The summed E-state index contributed by atoms with van der Waals surface area (Å²) in [4.78, 5) is 26.5. The summed E-state index contributed by atoms with van der Waals surface area (Å²) in [5, 5.41) is 11.7. The highest BCUT2D eigenvalue weighted by molar-refractivity contribution is 5.82. The van der Waals surface area contributed by atoms with Crippen molar-refractivity contribution in [1.82, 2.24) is 15.7 Å². The Kier molecular flexibility index (Phi) is 5.25. The van der Waals surface area contributed by atoms with Crippen molar-refractivity contribution in [3.63, 3.8) is 0 Å². The minimum Gasteiger partial charge on any atom is -0.480 e. The third-order valence-electron chi connectivity index (χ3n) is 2.81. The van der Waals surface area contributed by atoms with Crippen LogP contribution in [0.3, 0.4) is 0 Å². The number of anilines is 1. The van der Waals surface area contributed by atoms with E-state index in [1.54, 1.807) is 31.3 Å². The first-order chi connectivity index (χ1) is 8.98. The Morgan fingerprint density at radius 1 is 1.42 bits per heavy atom. The number of hydrazine groups is 1. The fourth-order valence-corrected chi connectivity index (χ4v) is 1.24. The predicted molar refractivity (Wildman–Crippen MR) is 70.3 cm³/mol. The minimum atomic E-state index is -1.11. The number of rotatable bonds is 7. The Bertz CT molecular complexity index is 438. The van der Waals surface area contributed by atoms with Crippen LogP contribution in [0.2, 0.25) is 0 Å². The van der Waals surface area contributed by atoms with E-state index in [1.807, 2.05) is 0 Å². The summed E-state index contributed by atoms with van der Waals surface area (Å²) < 4.78 is 0. The van der Waals surface area contributed by atoms with Crippen LogP contribution in [0.1, 0.15) is 20.3 Å². The molecule has 4 N–H and O–H groups in total. The predicted octanol–water partition coefficient (Wildman–Crippen LogP) is 0.368. The van der Waals surface area contributed by atoms with Crippen LogP contribution in [-0.2, 0) is 9.59 Å². The highest BCUT2D eigenvalue weighted by Gasteiger charge is 2.30. The summed E-state index contributed by atoms with van der Waals surface area (Å²) >= 11 is 0. The molecule has 0 aliphatic rings. The third kappa shape index (κ3) is 4.55. The number of pyridine rings is 1. The summed E-state index contributed by atoms with van der Waals surface area (Å²) in [6.07, 6.45) is 1.97. The molecule has 1 atom stereocenters. The SMILES string of the molecule is CCC(C)(NCC(=O)NNc1ccccn1)C(=O)O. The summed E-state index contributed by atoms with van der Waals surface area (Å²) in [6, 6.07) is 5.23. The van der Waals surface area contributed by atoms with E-state index < -0.39 is 11.5 Å². The van der Waals surface area contributed by atoms with Gasteiger partial charge in [0.2, 0.25) is 0 Å². The number of hydrogen-bond acceptors (Lipinski definition) is 5. The molecule has 1 aromatic heterocycles. The van der Waals surface area contributed by atoms with Crippen LogP contribution < -0.4 is 16.2 Å². The van der Waals surface area contributed by atoms with Crippen molar-refractivity contribution in [2.75, 3.05) is 12.0 Å². The molecule has 19 heavy (non-hydrogen) atoms. The molecule has 0 aromatic carbocycles. The van der Waals surface area contributed by atoms with Gasteiger partial charge in [-0.3, -0.25) is 25.8 Å². The summed E-state index contributed by atoms with van der Waals surface area (Å²) in [7, 11) is 0. The smallest absolute Gasteiger partial charge is 0.323 e.